The molecule has 0 aromatic heterocycles. The number of hydrogen-bond donors (Lipinski definition) is 0. The first-order valence-electron chi connectivity index (χ1n) is 14.6. The molecule has 3 aliphatic carbocycles. The molecule has 0 N–H and O–H groups in total. The summed E-state index contributed by atoms with van der Waals surface area (Å²) in [5.74, 6) is 0. The molecule has 0 nitrogen and oxygen atoms in total. The van der Waals surface area contributed by atoms with Crippen LogP contribution in [-0.2, 0) is 6.42 Å². The maximum absolute atomic E-state index is 4.84. The molecule has 2 aromatic rings. The van der Waals surface area contributed by atoms with Gasteiger partial charge < -0.3 is 0 Å². The number of hydrogen-bond acceptors (Lipinski definition) is 0. The average Bonchev–Trinajstić information content (AvgIpc) is 2.85. The Hall–Kier alpha value is -3.12. The van der Waals surface area contributed by atoms with E-state index in [4.69, 9.17) is 13.2 Å². The molecule has 0 heteroatoms. The Morgan fingerprint density at radius 3 is 2.13 bits per heavy atom. The number of fused-ring (bicyclic) bond motifs is 3. The number of aryl methyl sites for hydroxylation is 1. The zero-order valence-electron chi connectivity index (χ0n) is 25.6. The van der Waals surface area contributed by atoms with Crippen molar-refractivity contribution in [2.75, 3.05) is 0 Å². The molecule has 0 unspecified atom stereocenters. The summed E-state index contributed by atoms with van der Waals surface area (Å²) < 4.78 is 0. The molecule has 0 heterocycles. The van der Waals surface area contributed by atoms with Gasteiger partial charge in [-0.05, 0) is 125 Å². The van der Waals surface area contributed by atoms with Crippen molar-refractivity contribution in [1.82, 2.24) is 0 Å². The van der Waals surface area contributed by atoms with Gasteiger partial charge in [-0.2, -0.15) is 0 Å². The second-order valence-corrected chi connectivity index (χ2v) is 13.5. The van der Waals surface area contributed by atoms with Crippen molar-refractivity contribution in [2.24, 2.45) is 16.2 Å². The average molecular weight is 515 g/mol. The third-order valence-corrected chi connectivity index (χ3v) is 10.9. The Balaban J connectivity index is 1.71. The molecule has 0 fully saturated rings. The maximum Gasteiger partial charge on any atom is 0.0194 e. The van der Waals surface area contributed by atoms with Crippen LogP contribution in [0.1, 0.15) is 90.0 Å². The second kappa shape index (κ2) is 8.95. The highest BCUT2D eigenvalue weighted by atomic mass is 14.6. The number of benzene rings is 2. The van der Waals surface area contributed by atoms with Crippen molar-refractivity contribution in [3.05, 3.63) is 118 Å². The summed E-state index contributed by atoms with van der Waals surface area (Å²) in [5.41, 5.74) is 18.4. The molecule has 39 heavy (non-hydrogen) atoms. The molecule has 0 radical (unpaired) electrons. The van der Waals surface area contributed by atoms with E-state index in [1.165, 1.54) is 72.4 Å². The van der Waals surface area contributed by atoms with Gasteiger partial charge in [0.05, 0.1) is 0 Å². The predicted molar refractivity (Wildman–Crippen MR) is 172 cm³/mol. The molecular weight excluding hydrogens is 468 g/mol. The number of rotatable bonds is 4. The molecule has 0 amide bonds. The van der Waals surface area contributed by atoms with Gasteiger partial charge in [0.1, 0.15) is 0 Å². The Morgan fingerprint density at radius 2 is 1.54 bits per heavy atom. The van der Waals surface area contributed by atoms with Gasteiger partial charge in [0.25, 0.3) is 0 Å². The van der Waals surface area contributed by atoms with Gasteiger partial charge in [0, 0.05) is 5.41 Å². The Kier molecular flexibility index (Phi) is 6.30. The topological polar surface area (TPSA) is 0 Å². The first-order valence-corrected chi connectivity index (χ1v) is 14.6. The Morgan fingerprint density at radius 1 is 0.897 bits per heavy atom. The minimum absolute atomic E-state index is 0.0166. The highest BCUT2D eigenvalue weighted by molar-refractivity contribution is 5.90. The van der Waals surface area contributed by atoms with E-state index in [1.807, 2.05) is 0 Å². The second-order valence-electron chi connectivity index (χ2n) is 13.5. The Bertz CT molecular complexity index is 1530. The van der Waals surface area contributed by atoms with Crippen molar-refractivity contribution in [1.29, 1.82) is 0 Å². The van der Waals surface area contributed by atoms with Gasteiger partial charge in [0.2, 0.25) is 0 Å². The SMILES string of the molecule is C=C(C)C1=C(C)C[C@@]2(C)C[C@@]3(C)Cc4c(-c5ccc(C(=C)CC)cc5)ccc(C)c4C(=C)C3=C(C)[C@@]2(C)C1=C. The first kappa shape index (κ1) is 27.4. The minimum atomic E-state index is -0.126. The highest BCUT2D eigenvalue weighted by Crippen LogP contribution is 2.70. The summed E-state index contributed by atoms with van der Waals surface area (Å²) in [6.07, 6.45) is 4.19. The molecule has 2 aromatic carbocycles. The van der Waals surface area contributed by atoms with Crippen LogP contribution in [0.15, 0.2) is 96.2 Å². The van der Waals surface area contributed by atoms with Crippen molar-refractivity contribution < 1.29 is 0 Å². The van der Waals surface area contributed by atoms with Crippen LogP contribution in [-0.4, -0.2) is 0 Å². The largest absolute Gasteiger partial charge is 0.0955 e. The van der Waals surface area contributed by atoms with Crippen molar-refractivity contribution in [2.45, 2.75) is 81.1 Å². The molecule has 3 aliphatic rings. The number of allylic oxidation sites excluding steroid dienone is 8. The Labute approximate surface area is 237 Å². The van der Waals surface area contributed by atoms with E-state index in [2.05, 4.69) is 105 Å². The normalized spacial score (nSPS) is 28.2. The van der Waals surface area contributed by atoms with Crippen molar-refractivity contribution in [3.8, 4) is 11.1 Å². The zero-order chi connectivity index (χ0) is 28.7. The summed E-state index contributed by atoms with van der Waals surface area (Å²) in [6, 6.07) is 13.6. The quantitative estimate of drug-likeness (QED) is 0.380. The van der Waals surface area contributed by atoms with E-state index in [-0.39, 0.29) is 16.2 Å². The van der Waals surface area contributed by atoms with Crippen LogP contribution in [0.4, 0.5) is 0 Å². The van der Waals surface area contributed by atoms with Gasteiger partial charge in [0.15, 0.2) is 0 Å². The van der Waals surface area contributed by atoms with Crippen molar-refractivity contribution >= 4 is 11.1 Å². The van der Waals surface area contributed by atoms with Crippen LogP contribution in [0.2, 0.25) is 0 Å². The van der Waals surface area contributed by atoms with Gasteiger partial charge in [-0.1, -0.05) is 107 Å². The van der Waals surface area contributed by atoms with Crippen LogP contribution < -0.4 is 0 Å². The van der Waals surface area contributed by atoms with E-state index in [1.54, 1.807) is 0 Å². The van der Waals surface area contributed by atoms with Crippen LogP contribution >= 0.6 is 0 Å². The van der Waals surface area contributed by atoms with E-state index in [0.29, 0.717) is 0 Å². The predicted octanol–water partition coefficient (Wildman–Crippen LogP) is 11.2. The fraction of sp³-hybridized carbons (Fsp3) is 0.385. The highest BCUT2D eigenvalue weighted by Gasteiger charge is 2.59. The molecule has 202 valence electrons. The lowest BCUT2D eigenvalue weighted by atomic mass is 9.41. The lowest BCUT2D eigenvalue weighted by molar-refractivity contribution is 0.0544. The summed E-state index contributed by atoms with van der Waals surface area (Å²) in [5, 5.41) is 0. The molecule has 0 saturated carbocycles. The molecule has 5 rings (SSSR count). The minimum Gasteiger partial charge on any atom is -0.0955 e. The standard InChI is InChI=1S/C39H46/c1-13-24(4)30-15-17-31(18-16-30)32-19-14-25(5)35-27(7)36-29(9)39(12)28(8)34(23(2)3)26(6)20-38(39,11)22-37(36,10)21-33(32)35/h14-19H,2,4,7-8,13,20-22H2,1,3,5-6,9-12H3/t37-,38+,39-/m1/s1. The lowest BCUT2D eigenvalue weighted by Crippen LogP contribution is -2.52. The smallest absolute Gasteiger partial charge is 0.0194 e. The van der Waals surface area contributed by atoms with Gasteiger partial charge in [-0.25, -0.2) is 0 Å². The van der Waals surface area contributed by atoms with E-state index >= 15 is 0 Å². The van der Waals surface area contributed by atoms with Crippen LogP contribution in [0.3, 0.4) is 0 Å². The molecule has 0 spiro atoms. The summed E-state index contributed by atoms with van der Waals surface area (Å²) in [6.45, 7) is 36.9. The fourth-order valence-electron chi connectivity index (χ4n) is 8.90. The van der Waals surface area contributed by atoms with E-state index < -0.39 is 0 Å². The first-order chi connectivity index (χ1) is 18.2. The van der Waals surface area contributed by atoms with Crippen LogP contribution in [0, 0.1) is 23.2 Å². The molecular formula is C39H46. The van der Waals surface area contributed by atoms with E-state index in [9.17, 15) is 0 Å². The third kappa shape index (κ3) is 3.71. The third-order valence-electron chi connectivity index (χ3n) is 10.9. The van der Waals surface area contributed by atoms with Crippen molar-refractivity contribution in [3.63, 3.8) is 0 Å². The van der Waals surface area contributed by atoms with Crippen LogP contribution in [0.25, 0.3) is 22.3 Å². The van der Waals surface area contributed by atoms with Gasteiger partial charge in [-0.15, -0.1) is 0 Å². The molecule has 0 aliphatic heterocycles. The molecule has 0 saturated heterocycles. The van der Waals surface area contributed by atoms with Gasteiger partial charge >= 0.3 is 0 Å². The van der Waals surface area contributed by atoms with E-state index in [0.717, 1.165) is 31.3 Å². The summed E-state index contributed by atoms with van der Waals surface area (Å²) in [4.78, 5) is 0. The summed E-state index contributed by atoms with van der Waals surface area (Å²) in [7, 11) is 0. The maximum atomic E-state index is 4.84. The van der Waals surface area contributed by atoms with Crippen LogP contribution in [0.5, 0.6) is 0 Å². The molecule has 3 atom stereocenters. The monoisotopic (exact) mass is 514 g/mol. The molecule has 0 bridgehead atoms. The van der Waals surface area contributed by atoms with Gasteiger partial charge in [-0.3, -0.25) is 0 Å². The lowest BCUT2D eigenvalue weighted by Gasteiger charge is -2.62. The summed E-state index contributed by atoms with van der Waals surface area (Å²) >= 11 is 0. The zero-order valence-corrected chi connectivity index (χ0v) is 25.6. The fourth-order valence-corrected chi connectivity index (χ4v) is 8.90.